The zero-order valence-electron chi connectivity index (χ0n) is 9.87. The van der Waals surface area contributed by atoms with Gasteiger partial charge in [0.25, 0.3) is 0 Å². The van der Waals surface area contributed by atoms with Crippen LogP contribution in [-0.2, 0) is 11.3 Å². The Balaban J connectivity index is 2.70. The second-order valence-corrected chi connectivity index (χ2v) is 3.75. The van der Waals surface area contributed by atoms with Gasteiger partial charge in [-0.2, -0.15) is 0 Å². The van der Waals surface area contributed by atoms with Gasteiger partial charge in [0, 0.05) is 39.5 Å². The van der Waals surface area contributed by atoms with Crippen LogP contribution in [0.25, 0.3) is 0 Å². The summed E-state index contributed by atoms with van der Waals surface area (Å²) in [6.07, 6.45) is 0.939. The minimum atomic E-state index is -0.241. The molecule has 1 aromatic rings. The Bertz CT molecular complexity index is 331. The molecule has 1 aromatic carbocycles. The van der Waals surface area contributed by atoms with Crippen molar-refractivity contribution in [3.63, 3.8) is 0 Å². The molecule has 0 atom stereocenters. The molecule has 0 radical (unpaired) electrons. The van der Waals surface area contributed by atoms with E-state index in [1.54, 1.807) is 13.2 Å². The number of hydrogen-bond donors (Lipinski definition) is 1. The van der Waals surface area contributed by atoms with Gasteiger partial charge in [0.2, 0.25) is 0 Å². The summed E-state index contributed by atoms with van der Waals surface area (Å²) in [5.74, 6) is -0.241. The topological polar surface area (TPSA) is 38.5 Å². The average Bonchev–Trinajstić information content (AvgIpc) is 2.29. The zero-order valence-corrected chi connectivity index (χ0v) is 9.87. The number of methoxy groups -OCH3 is 1. The number of ether oxygens (including phenoxy) is 1. The van der Waals surface area contributed by atoms with Crippen LogP contribution in [-0.4, -0.2) is 27.3 Å². The van der Waals surface area contributed by atoms with E-state index < -0.39 is 0 Å². The highest BCUT2D eigenvalue weighted by Crippen LogP contribution is 2.20. The van der Waals surface area contributed by atoms with Crippen molar-refractivity contribution >= 4 is 5.69 Å². The van der Waals surface area contributed by atoms with E-state index in [0.29, 0.717) is 6.54 Å². The third-order valence-corrected chi connectivity index (χ3v) is 2.51. The van der Waals surface area contributed by atoms with Gasteiger partial charge in [-0.05, 0) is 30.2 Å². The lowest BCUT2D eigenvalue weighted by Crippen LogP contribution is -2.21. The van der Waals surface area contributed by atoms with Crippen molar-refractivity contribution in [1.29, 1.82) is 0 Å². The van der Waals surface area contributed by atoms with E-state index in [-0.39, 0.29) is 5.82 Å². The number of nitrogens with two attached hydrogens (primary N) is 1. The van der Waals surface area contributed by atoms with E-state index in [1.165, 1.54) is 12.1 Å². The predicted octanol–water partition coefficient (Wildman–Crippen LogP) is 1.76. The van der Waals surface area contributed by atoms with Crippen LogP contribution in [0.2, 0.25) is 0 Å². The lowest BCUT2D eigenvalue weighted by Gasteiger charge is -2.22. The fourth-order valence-electron chi connectivity index (χ4n) is 1.66. The predicted molar refractivity (Wildman–Crippen MR) is 64.1 cm³/mol. The average molecular weight is 226 g/mol. The maximum absolute atomic E-state index is 13.0. The highest BCUT2D eigenvalue weighted by Gasteiger charge is 2.07. The molecule has 0 fully saturated rings. The molecule has 90 valence electrons. The maximum atomic E-state index is 13.0. The summed E-state index contributed by atoms with van der Waals surface area (Å²) < 4.78 is 18.0. The summed E-state index contributed by atoms with van der Waals surface area (Å²) >= 11 is 0. The molecule has 4 heteroatoms. The fraction of sp³-hybridized carbons (Fsp3) is 0.500. The number of halogens is 1. The standard InChI is InChI=1S/C12H19FN2O/c1-15(6-3-7-16-2)12-5-4-11(13)8-10(12)9-14/h4-5,8H,3,6-7,9,14H2,1-2H3. The SMILES string of the molecule is COCCCN(C)c1ccc(F)cc1CN. The van der Waals surface area contributed by atoms with E-state index in [2.05, 4.69) is 4.90 Å². The first-order chi connectivity index (χ1) is 7.69. The minimum absolute atomic E-state index is 0.241. The van der Waals surface area contributed by atoms with Crippen LogP contribution in [0.5, 0.6) is 0 Å². The van der Waals surface area contributed by atoms with Gasteiger partial charge >= 0.3 is 0 Å². The molecule has 0 aliphatic heterocycles. The highest BCUT2D eigenvalue weighted by atomic mass is 19.1. The smallest absolute Gasteiger partial charge is 0.123 e. The van der Waals surface area contributed by atoms with Crippen molar-refractivity contribution < 1.29 is 9.13 Å². The number of anilines is 1. The van der Waals surface area contributed by atoms with Gasteiger partial charge in [-0.1, -0.05) is 0 Å². The Morgan fingerprint density at radius 3 is 2.81 bits per heavy atom. The molecule has 2 N–H and O–H groups in total. The van der Waals surface area contributed by atoms with Crippen LogP contribution < -0.4 is 10.6 Å². The molecule has 0 saturated carbocycles. The highest BCUT2D eigenvalue weighted by molar-refractivity contribution is 5.53. The van der Waals surface area contributed by atoms with E-state index in [4.69, 9.17) is 10.5 Å². The summed E-state index contributed by atoms with van der Waals surface area (Å²) in [6, 6.07) is 4.72. The molecule has 0 spiro atoms. The first kappa shape index (κ1) is 12.9. The number of hydrogen-bond acceptors (Lipinski definition) is 3. The summed E-state index contributed by atoms with van der Waals surface area (Å²) in [6.45, 7) is 1.94. The Morgan fingerprint density at radius 1 is 1.44 bits per heavy atom. The molecule has 0 aliphatic carbocycles. The first-order valence-electron chi connectivity index (χ1n) is 5.37. The molecule has 0 amide bonds. The van der Waals surface area contributed by atoms with E-state index in [1.807, 2.05) is 7.05 Å². The maximum Gasteiger partial charge on any atom is 0.123 e. The first-order valence-corrected chi connectivity index (χ1v) is 5.37. The second-order valence-electron chi connectivity index (χ2n) is 3.75. The van der Waals surface area contributed by atoms with Gasteiger partial charge in [0.15, 0.2) is 0 Å². The summed E-state index contributed by atoms with van der Waals surface area (Å²) in [5.41, 5.74) is 7.41. The molecule has 1 rings (SSSR count). The quantitative estimate of drug-likeness (QED) is 0.751. The van der Waals surface area contributed by atoms with Crippen molar-refractivity contribution in [2.75, 3.05) is 32.2 Å². The van der Waals surface area contributed by atoms with Crippen LogP contribution in [0.1, 0.15) is 12.0 Å². The Labute approximate surface area is 96.0 Å². The number of nitrogens with zero attached hydrogens (tertiary/aromatic N) is 1. The Kier molecular flexibility index (Phi) is 5.22. The zero-order chi connectivity index (χ0) is 12.0. The van der Waals surface area contributed by atoms with Gasteiger partial charge in [-0.3, -0.25) is 0 Å². The molecule has 0 bridgehead atoms. The largest absolute Gasteiger partial charge is 0.385 e. The van der Waals surface area contributed by atoms with E-state index in [9.17, 15) is 4.39 Å². The minimum Gasteiger partial charge on any atom is -0.385 e. The van der Waals surface area contributed by atoms with Crippen molar-refractivity contribution in [3.05, 3.63) is 29.6 Å². The third kappa shape index (κ3) is 3.47. The molecule has 16 heavy (non-hydrogen) atoms. The number of benzene rings is 1. The molecule has 0 saturated heterocycles. The lowest BCUT2D eigenvalue weighted by atomic mass is 10.1. The van der Waals surface area contributed by atoms with Crippen LogP contribution in [0.4, 0.5) is 10.1 Å². The van der Waals surface area contributed by atoms with Crippen molar-refractivity contribution in [1.82, 2.24) is 0 Å². The van der Waals surface area contributed by atoms with Crippen molar-refractivity contribution in [2.45, 2.75) is 13.0 Å². The molecule has 0 aromatic heterocycles. The monoisotopic (exact) mass is 226 g/mol. The summed E-state index contributed by atoms with van der Waals surface area (Å²) in [7, 11) is 3.66. The van der Waals surface area contributed by atoms with Gasteiger partial charge in [0.1, 0.15) is 5.82 Å². The van der Waals surface area contributed by atoms with Crippen LogP contribution >= 0.6 is 0 Å². The Morgan fingerprint density at radius 2 is 2.19 bits per heavy atom. The van der Waals surface area contributed by atoms with Gasteiger partial charge in [0.05, 0.1) is 0 Å². The van der Waals surface area contributed by atoms with Crippen LogP contribution in [0.15, 0.2) is 18.2 Å². The number of rotatable bonds is 6. The normalized spacial score (nSPS) is 10.5. The van der Waals surface area contributed by atoms with Crippen LogP contribution in [0.3, 0.4) is 0 Å². The Hall–Kier alpha value is -1.13. The third-order valence-electron chi connectivity index (χ3n) is 2.51. The van der Waals surface area contributed by atoms with Gasteiger partial charge < -0.3 is 15.4 Å². The summed E-state index contributed by atoms with van der Waals surface area (Å²) in [4.78, 5) is 2.07. The van der Waals surface area contributed by atoms with Crippen molar-refractivity contribution in [2.24, 2.45) is 5.73 Å². The van der Waals surface area contributed by atoms with Crippen LogP contribution in [0, 0.1) is 5.82 Å². The van der Waals surface area contributed by atoms with Gasteiger partial charge in [-0.15, -0.1) is 0 Å². The van der Waals surface area contributed by atoms with E-state index in [0.717, 1.165) is 30.8 Å². The fourth-order valence-corrected chi connectivity index (χ4v) is 1.66. The molecule has 0 aliphatic rings. The molecular weight excluding hydrogens is 207 g/mol. The molecule has 3 nitrogen and oxygen atoms in total. The van der Waals surface area contributed by atoms with Gasteiger partial charge in [-0.25, -0.2) is 4.39 Å². The van der Waals surface area contributed by atoms with E-state index >= 15 is 0 Å². The molecule has 0 heterocycles. The lowest BCUT2D eigenvalue weighted by molar-refractivity contribution is 0.196. The molecule has 0 unspecified atom stereocenters. The van der Waals surface area contributed by atoms with Crippen molar-refractivity contribution in [3.8, 4) is 0 Å². The molecular formula is C12H19FN2O. The summed E-state index contributed by atoms with van der Waals surface area (Å²) in [5, 5.41) is 0. The second kappa shape index (κ2) is 6.45.